The molecule has 0 radical (unpaired) electrons. The summed E-state index contributed by atoms with van der Waals surface area (Å²) in [4.78, 5) is 12.7. The third kappa shape index (κ3) is 10.2. The first-order valence-electron chi connectivity index (χ1n) is 17.2. The lowest BCUT2D eigenvalue weighted by Crippen LogP contribution is -2.66. The van der Waals surface area contributed by atoms with Crippen LogP contribution in [0.2, 0.25) is 0 Å². The minimum Gasteiger partial charge on any atom is -0.504 e. The second-order valence-electron chi connectivity index (χ2n) is 13.0. The zero-order chi connectivity index (χ0) is 40.0. The number of aliphatic hydroxyl groups is 8. The second-order valence-corrected chi connectivity index (χ2v) is 13.0. The first-order chi connectivity index (χ1) is 26.2. The molecule has 5 rings (SSSR count). The predicted octanol–water partition coefficient (Wildman–Crippen LogP) is -3.28. The first kappa shape index (κ1) is 42.4. The second kappa shape index (κ2) is 19.0. The van der Waals surface area contributed by atoms with Gasteiger partial charge in [-0.05, 0) is 47.9 Å². The van der Waals surface area contributed by atoms with Gasteiger partial charge in [-0.15, -0.1) is 0 Å². The highest BCUT2D eigenvalue weighted by molar-refractivity contribution is 5.87. The predicted molar refractivity (Wildman–Crippen MR) is 180 cm³/mol. The van der Waals surface area contributed by atoms with Crippen LogP contribution in [0.3, 0.4) is 0 Å². The van der Waals surface area contributed by atoms with Gasteiger partial charge in [0.25, 0.3) is 0 Å². The van der Waals surface area contributed by atoms with E-state index in [4.69, 9.17) is 37.9 Å². The Labute approximate surface area is 313 Å². The summed E-state index contributed by atoms with van der Waals surface area (Å²) in [6, 6.07) is 8.42. The fourth-order valence-electron chi connectivity index (χ4n) is 6.06. The lowest BCUT2D eigenvalue weighted by Gasteiger charge is -2.48. The average Bonchev–Trinajstić information content (AvgIpc) is 3.17. The van der Waals surface area contributed by atoms with Crippen LogP contribution in [0.4, 0.5) is 0 Å². The van der Waals surface area contributed by atoms with Crippen molar-refractivity contribution in [2.24, 2.45) is 0 Å². The molecule has 11 N–H and O–H groups in total. The molecule has 2 aromatic rings. The molecule has 0 aliphatic carbocycles. The Kier molecular flexibility index (Phi) is 14.6. The Morgan fingerprint density at radius 3 is 2.16 bits per heavy atom. The SMILES string of the molecule is COc1ccc(CCO[C@@H]2O[C@H](COC(=O)/C=C/c3ccc(O)c(O)c3)[C@@H](O)[C@H](O[C@@H]3O[C@H](CO)[C@@H](O)[C@H](O)[C@H]3O)[C@H]2O[C@@H]2OC[C@H](O)[C@H](O)[C@H]2O)cc1O. The molecule has 14 atom stereocenters. The molecular formula is C35H46O20. The van der Waals surface area contributed by atoms with Gasteiger partial charge in [-0.25, -0.2) is 4.79 Å². The van der Waals surface area contributed by atoms with E-state index in [1.165, 1.54) is 43.5 Å². The molecule has 0 saturated carbocycles. The molecule has 20 nitrogen and oxygen atoms in total. The smallest absolute Gasteiger partial charge is 0.330 e. The number of aliphatic hydroxyl groups excluding tert-OH is 8. The van der Waals surface area contributed by atoms with Crippen LogP contribution in [0.25, 0.3) is 6.08 Å². The number of carbonyl (C=O) groups excluding carboxylic acids is 1. The van der Waals surface area contributed by atoms with Crippen LogP contribution in [-0.4, -0.2) is 182 Å². The van der Waals surface area contributed by atoms with Gasteiger partial charge >= 0.3 is 5.97 Å². The molecule has 0 unspecified atom stereocenters. The highest BCUT2D eigenvalue weighted by Crippen LogP contribution is 2.34. The van der Waals surface area contributed by atoms with Crippen molar-refractivity contribution >= 4 is 12.0 Å². The summed E-state index contributed by atoms with van der Waals surface area (Å²) in [7, 11) is 1.38. The molecule has 0 aromatic heterocycles. The molecule has 306 valence electrons. The molecule has 2 aromatic carbocycles. The summed E-state index contributed by atoms with van der Waals surface area (Å²) in [5, 5.41) is 113. The molecule has 20 heteroatoms. The maximum Gasteiger partial charge on any atom is 0.330 e. The number of methoxy groups -OCH3 is 1. The number of benzene rings is 2. The number of aromatic hydroxyl groups is 3. The molecule has 3 aliphatic rings. The van der Waals surface area contributed by atoms with Gasteiger partial charge in [-0.3, -0.25) is 0 Å². The highest BCUT2D eigenvalue weighted by Gasteiger charge is 2.54. The van der Waals surface area contributed by atoms with Gasteiger partial charge in [0.1, 0.15) is 73.8 Å². The molecule has 3 aliphatic heterocycles. The van der Waals surface area contributed by atoms with E-state index in [1.807, 2.05) is 0 Å². The van der Waals surface area contributed by atoms with Crippen molar-refractivity contribution in [2.75, 3.05) is 33.5 Å². The zero-order valence-electron chi connectivity index (χ0n) is 29.3. The van der Waals surface area contributed by atoms with Crippen LogP contribution in [0, 0.1) is 0 Å². The first-order valence-corrected chi connectivity index (χ1v) is 17.2. The van der Waals surface area contributed by atoms with E-state index in [0.717, 1.165) is 6.08 Å². The summed E-state index contributed by atoms with van der Waals surface area (Å²) >= 11 is 0. The van der Waals surface area contributed by atoms with Crippen molar-refractivity contribution < 1.29 is 98.9 Å². The van der Waals surface area contributed by atoms with Gasteiger partial charge in [-0.1, -0.05) is 12.1 Å². The largest absolute Gasteiger partial charge is 0.504 e. The van der Waals surface area contributed by atoms with E-state index in [1.54, 1.807) is 6.07 Å². The molecule has 3 fully saturated rings. The van der Waals surface area contributed by atoms with Gasteiger partial charge in [0.05, 0.1) is 26.9 Å². The minimum atomic E-state index is -1.95. The van der Waals surface area contributed by atoms with E-state index < -0.39 is 118 Å². The van der Waals surface area contributed by atoms with Crippen molar-refractivity contribution in [2.45, 2.75) is 92.4 Å². The van der Waals surface area contributed by atoms with E-state index in [2.05, 4.69) is 0 Å². The summed E-state index contributed by atoms with van der Waals surface area (Å²) in [6.07, 6.45) is -21.5. The molecule has 0 amide bonds. The molecule has 0 bridgehead atoms. The fourth-order valence-corrected chi connectivity index (χ4v) is 6.06. The summed E-state index contributed by atoms with van der Waals surface area (Å²) < 4.78 is 45.3. The molecule has 3 saturated heterocycles. The Hall–Kier alpha value is -3.71. The lowest BCUT2D eigenvalue weighted by atomic mass is 9.96. The van der Waals surface area contributed by atoms with Crippen LogP contribution in [0.15, 0.2) is 42.5 Å². The standard InChI is InChI=1S/C35H46O20/c1-48-21-6-3-16(11-19(21)39)8-9-49-35-32(55-33-29(46)25(42)20(40)13-51-33)31(54-34-30(47)28(45)26(43)22(12-36)52-34)27(44)23(53-35)14-50-24(41)7-4-15-2-5-17(37)18(38)10-15/h2-7,10-11,20,22-23,25-40,42-47H,8-9,12-14H2,1H3/b7-4+/t20-,22+,23+,25-,26+,27+,28-,29+,30+,31-,32+,33-,34-,35+/m0/s1. The minimum absolute atomic E-state index is 0.145. The van der Waals surface area contributed by atoms with Crippen LogP contribution >= 0.6 is 0 Å². The van der Waals surface area contributed by atoms with E-state index >= 15 is 0 Å². The Morgan fingerprint density at radius 1 is 0.764 bits per heavy atom. The fraction of sp³-hybridized carbons (Fsp3) is 0.571. The van der Waals surface area contributed by atoms with Crippen LogP contribution in [0.5, 0.6) is 23.0 Å². The number of ether oxygens (including phenoxy) is 8. The number of carbonyl (C=O) groups is 1. The lowest BCUT2D eigenvalue weighted by molar-refractivity contribution is -0.386. The van der Waals surface area contributed by atoms with E-state index in [0.29, 0.717) is 11.1 Å². The Balaban J connectivity index is 1.41. The van der Waals surface area contributed by atoms with Gasteiger partial charge < -0.3 is 94.1 Å². The van der Waals surface area contributed by atoms with E-state index in [9.17, 15) is 61.0 Å². The van der Waals surface area contributed by atoms with Crippen LogP contribution in [0.1, 0.15) is 11.1 Å². The monoisotopic (exact) mass is 786 g/mol. The average molecular weight is 787 g/mol. The topological polar surface area (TPSA) is 313 Å². The quantitative estimate of drug-likeness (QED) is 0.0508. The van der Waals surface area contributed by atoms with Crippen LogP contribution in [-0.2, 0) is 44.4 Å². The van der Waals surface area contributed by atoms with Crippen molar-refractivity contribution in [1.82, 2.24) is 0 Å². The maximum atomic E-state index is 12.7. The number of hydrogen-bond acceptors (Lipinski definition) is 20. The van der Waals surface area contributed by atoms with Gasteiger partial charge in [0.15, 0.2) is 41.9 Å². The molecule has 55 heavy (non-hydrogen) atoms. The molecule has 3 heterocycles. The third-order valence-corrected chi connectivity index (χ3v) is 9.22. The van der Waals surface area contributed by atoms with Gasteiger partial charge in [0.2, 0.25) is 0 Å². The normalized spacial score (nSPS) is 35.4. The maximum absolute atomic E-state index is 12.7. The summed E-state index contributed by atoms with van der Waals surface area (Å²) in [5.74, 6) is -1.65. The molecular weight excluding hydrogens is 740 g/mol. The number of phenols is 3. The highest BCUT2D eigenvalue weighted by atomic mass is 16.8. The van der Waals surface area contributed by atoms with Gasteiger partial charge in [-0.2, -0.15) is 0 Å². The van der Waals surface area contributed by atoms with Crippen molar-refractivity contribution in [1.29, 1.82) is 0 Å². The summed E-state index contributed by atoms with van der Waals surface area (Å²) in [5.41, 5.74) is 0.917. The Morgan fingerprint density at radius 2 is 1.47 bits per heavy atom. The number of phenolic OH excluding ortho intramolecular Hbond substituents is 3. The zero-order valence-corrected chi connectivity index (χ0v) is 29.3. The molecule has 0 spiro atoms. The van der Waals surface area contributed by atoms with E-state index in [-0.39, 0.29) is 30.3 Å². The van der Waals surface area contributed by atoms with Crippen LogP contribution < -0.4 is 4.74 Å². The van der Waals surface area contributed by atoms with Gasteiger partial charge in [0, 0.05) is 6.08 Å². The Bertz CT molecular complexity index is 1590. The van der Waals surface area contributed by atoms with Crippen molar-refractivity contribution in [3.05, 3.63) is 53.6 Å². The number of hydrogen-bond donors (Lipinski definition) is 11. The third-order valence-electron chi connectivity index (χ3n) is 9.22. The van der Waals surface area contributed by atoms with Crippen molar-refractivity contribution in [3.63, 3.8) is 0 Å². The number of rotatable bonds is 14. The summed E-state index contributed by atoms with van der Waals surface area (Å²) in [6.45, 7) is -2.12. The van der Waals surface area contributed by atoms with Crippen molar-refractivity contribution in [3.8, 4) is 23.0 Å². The number of esters is 1.